The largest absolute Gasteiger partial charge is 0.494 e. The average Bonchev–Trinajstić information content (AvgIpc) is 2.81. The van der Waals surface area contributed by atoms with E-state index in [4.69, 9.17) is 4.74 Å². The summed E-state index contributed by atoms with van der Waals surface area (Å²) in [6.45, 7) is 4.41. The van der Waals surface area contributed by atoms with Crippen LogP contribution in [0.4, 0.5) is 5.69 Å². The standard InChI is InChI=1S/C25H23N3O3/c1-3-31-20-10-8-19(9-11-20)28-24(29)22-7-5-4-6-21(22)23(25(28)30)16-27-17(2)18-12-14-26-15-13-18/h4-17,23H,3H2,1-2H3/t17-,23-/m0/s1. The number of hydrogen-bond donors (Lipinski definition) is 0. The first-order valence-electron chi connectivity index (χ1n) is 10.2. The van der Waals surface area contributed by atoms with Gasteiger partial charge in [-0.05, 0) is 67.4 Å². The summed E-state index contributed by atoms with van der Waals surface area (Å²) in [5.74, 6) is -0.618. The van der Waals surface area contributed by atoms with Crippen LogP contribution in [0, 0.1) is 0 Å². The molecule has 3 aromatic rings. The molecule has 2 aromatic carbocycles. The molecule has 6 heteroatoms. The molecule has 0 saturated heterocycles. The number of anilines is 1. The number of hydrogen-bond acceptors (Lipinski definition) is 5. The van der Waals surface area contributed by atoms with Crippen LogP contribution in [0.3, 0.4) is 0 Å². The van der Waals surface area contributed by atoms with Crippen molar-refractivity contribution in [1.29, 1.82) is 0 Å². The molecule has 2 atom stereocenters. The van der Waals surface area contributed by atoms with Crippen molar-refractivity contribution in [1.82, 2.24) is 4.98 Å². The third-order valence-corrected chi connectivity index (χ3v) is 5.27. The Labute approximate surface area is 181 Å². The van der Waals surface area contributed by atoms with Crippen molar-refractivity contribution < 1.29 is 14.3 Å². The van der Waals surface area contributed by atoms with Crippen molar-refractivity contribution in [2.75, 3.05) is 11.5 Å². The van der Waals surface area contributed by atoms with Crippen molar-refractivity contribution in [3.05, 3.63) is 89.7 Å². The fourth-order valence-corrected chi connectivity index (χ4v) is 3.65. The monoisotopic (exact) mass is 413 g/mol. The van der Waals surface area contributed by atoms with Gasteiger partial charge >= 0.3 is 0 Å². The zero-order chi connectivity index (χ0) is 21.8. The Balaban J connectivity index is 1.69. The highest BCUT2D eigenvalue weighted by Gasteiger charge is 2.38. The number of rotatable bonds is 6. The molecule has 6 nitrogen and oxygen atoms in total. The molecule has 0 radical (unpaired) electrons. The van der Waals surface area contributed by atoms with Crippen molar-refractivity contribution in [2.24, 2.45) is 4.99 Å². The number of carbonyl (C=O) groups is 2. The summed E-state index contributed by atoms with van der Waals surface area (Å²) in [4.78, 5) is 36.5. The molecule has 0 spiro atoms. The lowest BCUT2D eigenvalue weighted by atomic mass is 9.88. The lowest BCUT2D eigenvalue weighted by Gasteiger charge is -2.31. The summed E-state index contributed by atoms with van der Waals surface area (Å²) in [6, 6.07) is 17.8. The van der Waals surface area contributed by atoms with E-state index in [9.17, 15) is 9.59 Å². The number of imide groups is 1. The van der Waals surface area contributed by atoms with Crippen LogP contribution in [0.2, 0.25) is 0 Å². The molecule has 4 rings (SSSR count). The van der Waals surface area contributed by atoms with Crippen molar-refractivity contribution in [3.8, 4) is 5.75 Å². The fraction of sp³-hybridized carbons (Fsp3) is 0.200. The second-order valence-corrected chi connectivity index (χ2v) is 7.23. The Morgan fingerprint density at radius 1 is 1.06 bits per heavy atom. The first-order valence-corrected chi connectivity index (χ1v) is 10.2. The fourth-order valence-electron chi connectivity index (χ4n) is 3.65. The van der Waals surface area contributed by atoms with E-state index in [2.05, 4.69) is 9.98 Å². The predicted molar refractivity (Wildman–Crippen MR) is 120 cm³/mol. The van der Waals surface area contributed by atoms with Gasteiger partial charge in [0.25, 0.3) is 5.91 Å². The molecule has 2 heterocycles. The average molecular weight is 413 g/mol. The molecule has 31 heavy (non-hydrogen) atoms. The van der Waals surface area contributed by atoms with Gasteiger partial charge in [0.1, 0.15) is 5.75 Å². The van der Waals surface area contributed by atoms with E-state index in [1.54, 1.807) is 55.0 Å². The Kier molecular flexibility index (Phi) is 5.89. The minimum absolute atomic E-state index is 0.139. The number of aromatic nitrogens is 1. The molecule has 156 valence electrons. The van der Waals surface area contributed by atoms with Crippen LogP contribution in [-0.2, 0) is 4.79 Å². The third-order valence-electron chi connectivity index (χ3n) is 5.27. The molecular weight excluding hydrogens is 390 g/mol. The van der Waals surface area contributed by atoms with Gasteiger partial charge in [0.2, 0.25) is 5.91 Å². The highest BCUT2D eigenvalue weighted by Crippen LogP contribution is 2.33. The second kappa shape index (κ2) is 8.92. The van der Waals surface area contributed by atoms with E-state index < -0.39 is 5.92 Å². The van der Waals surface area contributed by atoms with E-state index in [0.29, 0.717) is 29.2 Å². The minimum atomic E-state index is -0.648. The lowest BCUT2D eigenvalue weighted by molar-refractivity contribution is -0.118. The number of pyridine rings is 1. The lowest BCUT2D eigenvalue weighted by Crippen LogP contribution is -2.45. The molecular formula is C25H23N3O3. The van der Waals surface area contributed by atoms with Gasteiger partial charge in [-0.25, -0.2) is 4.90 Å². The number of nitrogens with zero attached hydrogens (tertiary/aromatic N) is 3. The van der Waals surface area contributed by atoms with Gasteiger partial charge in [-0.15, -0.1) is 0 Å². The van der Waals surface area contributed by atoms with Gasteiger partial charge in [0, 0.05) is 24.2 Å². The number of carbonyl (C=O) groups excluding carboxylic acids is 2. The van der Waals surface area contributed by atoms with Crippen molar-refractivity contribution >= 4 is 23.7 Å². The van der Waals surface area contributed by atoms with E-state index in [-0.39, 0.29) is 17.9 Å². The van der Waals surface area contributed by atoms with Crippen LogP contribution in [0.5, 0.6) is 5.75 Å². The van der Waals surface area contributed by atoms with Gasteiger partial charge in [0.05, 0.1) is 24.3 Å². The molecule has 0 unspecified atom stereocenters. The zero-order valence-corrected chi connectivity index (χ0v) is 17.4. The highest BCUT2D eigenvalue weighted by atomic mass is 16.5. The number of fused-ring (bicyclic) bond motifs is 1. The summed E-state index contributed by atoms with van der Waals surface area (Å²) >= 11 is 0. The smallest absolute Gasteiger partial charge is 0.265 e. The first kappa shape index (κ1) is 20.5. The van der Waals surface area contributed by atoms with Gasteiger partial charge in [-0.2, -0.15) is 0 Å². The van der Waals surface area contributed by atoms with E-state index in [1.165, 1.54) is 4.90 Å². The van der Waals surface area contributed by atoms with Crippen LogP contribution in [-0.4, -0.2) is 29.6 Å². The summed E-state index contributed by atoms with van der Waals surface area (Å²) in [6.07, 6.45) is 5.09. The number of ether oxygens (including phenoxy) is 1. The predicted octanol–water partition coefficient (Wildman–Crippen LogP) is 4.58. The first-order chi connectivity index (χ1) is 15.1. The topological polar surface area (TPSA) is 71.9 Å². The Hall–Kier alpha value is -3.80. The Bertz CT molecular complexity index is 1110. The minimum Gasteiger partial charge on any atom is -0.494 e. The summed E-state index contributed by atoms with van der Waals surface area (Å²) in [7, 11) is 0. The third kappa shape index (κ3) is 4.10. The van der Waals surface area contributed by atoms with Crippen LogP contribution in [0.25, 0.3) is 0 Å². The second-order valence-electron chi connectivity index (χ2n) is 7.23. The molecule has 0 fully saturated rings. The summed E-state index contributed by atoms with van der Waals surface area (Å²) in [5.41, 5.74) is 2.69. The Morgan fingerprint density at radius 2 is 1.77 bits per heavy atom. The van der Waals surface area contributed by atoms with Gasteiger partial charge < -0.3 is 4.74 Å². The van der Waals surface area contributed by atoms with Crippen LogP contribution in [0.1, 0.15) is 47.3 Å². The van der Waals surface area contributed by atoms with E-state index in [0.717, 1.165) is 5.56 Å². The van der Waals surface area contributed by atoms with Gasteiger partial charge in [-0.1, -0.05) is 18.2 Å². The van der Waals surface area contributed by atoms with E-state index >= 15 is 0 Å². The van der Waals surface area contributed by atoms with Gasteiger partial charge in [-0.3, -0.25) is 19.6 Å². The SMILES string of the molecule is CCOc1ccc(N2C(=O)c3ccccc3[C@H](C=N[C@@H](C)c3ccncc3)C2=O)cc1. The molecule has 0 N–H and O–H groups in total. The molecule has 2 amide bonds. The number of benzene rings is 2. The Morgan fingerprint density at radius 3 is 2.48 bits per heavy atom. The number of aliphatic imine (C=N–C) groups is 1. The van der Waals surface area contributed by atoms with Gasteiger partial charge in [0.15, 0.2) is 0 Å². The van der Waals surface area contributed by atoms with Crippen LogP contribution < -0.4 is 9.64 Å². The maximum atomic E-state index is 13.4. The summed E-state index contributed by atoms with van der Waals surface area (Å²) in [5, 5.41) is 0. The van der Waals surface area contributed by atoms with Crippen molar-refractivity contribution in [3.63, 3.8) is 0 Å². The van der Waals surface area contributed by atoms with Crippen LogP contribution >= 0.6 is 0 Å². The van der Waals surface area contributed by atoms with Crippen LogP contribution in [0.15, 0.2) is 78.0 Å². The van der Waals surface area contributed by atoms with E-state index in [1.807, 2.05) is 38.1 Å². The zero-order valence-electron chi connectivity index (χ0n) is 17.4. The quantitative estimate of drug-likeness (QED) is 0.438. The molecule has 1 aromatic heterocycles. The maximum absolute atomic E-state index is 13.4. The summed E-state index contributed by atoms with van der Waals surface area (Å²) < 4.78 is 5.47. The molecule has 1 aliphatic heterocycles. The normalized spacial score (nSPS) is 17.0. The molecule has 1 aliphatic rings. The number of amides is 2. The molecule has 0 bridgehead atoms. The van der Waals surface area contributed by atoms with Crippen molar-refractivity contribution in [2.45, 2.75) is 25.8 Å². The highest BCUT2D eigenvalue weighted by molar-refractivity contribution is 6.29. The maximum Gasteiger partial charge on any atom is 0.265 e. The molecule has 0 aliphatic carbocycles. The molecule has 0 saturated carbocycles.